The Labute approximate surface area is 354 Å². The minimum Gasteiger partial charge on any atom is -0.857 e. The molecule has 302 valence electrons. The van der Waals surface area contributed by atoms with Crippen molar-refractivity contribution in [2.75, 3.05) is 129 Å². The first kappa shape index (κ1) is 73.3. The second-order valence-electron chi connectivity index (χ2n) is 8.25. The van der Waals surface area contributed by atoms with Crippen LogP contribution in [0.2, 0.25) is 0 Å². The number of hydrogen-bond donors (Lipinski definition) is 7. The van der Waals surface area contributed by atoms with Crippen molar-refractivity contribution in [3.8, 4) is 0 Å². The van der Waals surface area contributed by atoms with Crippen LogP contribution < -0.4 is 5.11 Å². The normalized spacial score (nSPS) is 14.7. The quantitative estimate of drug-likeness (QED) is 0.0460. The predicted octanol–water partition coefficient (Wildman–Crippen LogP) is -3.57. The maximum absolute atomic E-state index is 8.79. The Morgan fingerprint density at radius 1 is 0.571 bits per heavy atom. The average molecular weight is 958 g/mol. The number of epoxide rings is 1. The fourth-order valence-electron chi connectivity index (χ4n) is 1.85. The summed E-state index contributed by atoms with van der Waals surface area (Å²) < 4.78 is 46.2. The van der Waals surface area contributed by atoms with Crippen molar-refractivity contribution < 1.29 is 153 Å². The summed E-state index contributed by atoms with van der Waals surface area (Å²) in [5.41, 5.74) is 0. The second-order valence-corrected chi connectivity index (χ2v) is 9.25. The molecule has 0 amide bonds. The molecule has 1 aliphatic rings. The number of aliphatic hydroxyl groups is 7. The fraction of sp³-hybridized carbons (Fsp3) is 1.00. The number of hydrogen-bond acceptors (Lipinski definition) is 18. The first-order valence-electron chi connectivity index (χ1n) is 13.5. The van der Waals surface area contributed by atoms with Gasteiger partial charge in [-0.1, -0.05) is 0 Å². The molecule has 1 heterocycles. The topological polar surface area (TPSA) is 260 Å². The van der Waals surface area contributed by atoms with Gasteiger partial charge in [-0.05, 0) is 0 Å². The van der Waals surface area contributed by atoms with Crippen LogP contribution in [0.15, 0.2) is 0 Å². The van der Waals surface area contributed by atoms with E-state index in [1.165, 1.54) is 28.4 Å². The molecule has 49 heavy (non-hydrogen) atoms. The van der Waals surface area contributed by atoms with Crippen molar-refractivity contribution in [2.45, 2.75) is 36.6 Å². The van der Waals surface area contributed by atoms with E-state index in [9.17, 15) is 0 Å². The molecule has 1 saturated heterocycles. The Bertz CT molecular complexity index is 454. The van der Waals surface area contributed by atoms with Gasteiger partial charge < -0.3 is 87.6 Å². The largest absolute Gasteiger partial charge is 0.857 e. The summed E-state index contributed by atoms with van der Waals surface area (Å²) in [6.45, 7) is 3.30. The molecule has 1 rings (SSSR count). The number of ether oxygens (including phenoxy) is 7. The van der Waals surface area contributed by atoms with Crippen LogP contribution in [-0.2, 0) is 112 Å². The Balaban J connectivity index is -0.0000000548. The van der Waals surface area contributed by atoms with E-state index in [2.05, 4.69) is 60.9 Å². The van der Waals surface area contributed by atoms with E-state index in [0.717, 1.165) is 20.3 Å². The molecule has 10 unspecified atom stereocenters. The molecule has 0 bridgehead atoms. The first-order valence-corrected chi connectivity index (χ1v) is 14.9. The summed E-state index contributed by atoms with van der Waals surface area (Å²) in [6.07, 6.45) is -2.20. The first-order chi connectivity index (χ1) is 22.0. The Morgan fingerprint density at radius 3 is 1.00 bits per heavy atom. The van der Waals surface area contributed by atoms with E-state index in [1.807, 2.05) is 0 Å². The van der Waals surface area contributed by atoms with Gasteiger partial charge in [-0.25, -0.2) is 0 Å². The van der Waals surface area contributed by atoms with Crippen molar-refractivity contribution >= 4 is 38.3 Å². The van der Waals surface area contributed by atoms with E-state index in [0.29, 0.717) is 39.1 Å². The Morgan fingerprint density at radius 2 is 0.878 bits per heavy atom. The van der Waals surface area contributed by atoms with E-state index in [4.69, 9.17) is 55.1 Å². The monoisotopic (exact) mass is 957 g/mol. The molecule has 0 saturated carbocycles. The Hall–Kier alpha value is 3.21. The maximum atomic E-state index is 8.79. The summed E-state index contributed by atoms with van der Waals surface area (Å²) in [6, 6.07) is 0. The maximum Gasteiger partial charge on any atom is 0.105 e. The zero-order valence-corrected chi connectivity index (χ0v) is 40.7. The summed E-state index contributed by atoms with van der Waals surface area (Å²) in [5, 5.41) is 67.5. The van der Waals surface area contributed by atoms with Gasteiger partial charge >= 0.3 is 0 Å². The zero-order chi connectivity index (χ0) is 37.0. The molecule has 0 spiro atoms. The van der Waals surface area contributed by atoms with Crippen LogP contribution >= 0.6 is 38.3 Å². The molecule has 0 aliphatic carbocycles. The van der Waals surface area contributed by atoms with Crippen molar-refractivity contribution in [1.82, 2.24) is 0 Å². The van der Waals surface area contributed by atoms with Gasteiger partial charge in [-0.2, -0.15) is 17.0 Å². The van der Waals surface area contributed by atoms with Gasteiger partial charge in [0.25, 0.3) is 0 Å². The number of methoxy groups -OCH3 is 6. The number of aliphatic hydroxyl groups excluding tert-OH is 7. The van der Waals surface area contributed by atoms with E-state index in [-0.39, 0.29) is 114 Å². The molecule has 1 aliphatic heterocycles. The van der Waals surface area contributed by atoms with Crippen LogP contribution in [0.25, 0.3) is 0 Å². The van der Waals surface area contributed by atoms with E-state index < -0.39 is 24.4 Å². The molecule has 0 aromatic carbocycles. The van der Waals surface area contributed by atoms with Gasteiger partial charge in [-0.3, -0.25) is 0 Å². The van der Waals surface area contributed by atoms with Gasteiger partial charge in [-0.15, -0.1) is 0 Å². The summed E-state index contributed by atoms with van der Waals surface area (Å²) >= 11 is 0. The third-order valence-corrected chi connectivity index (χ3v) is 4.59. The van der Waals surface area contributed by atoms with Crippen LogP contribution in [-0.4, -0.2) is 201 Å². The van der Waals surface area contributed by atoms with Crippen molar-refractivity contribution in [3.05, 3.63) is 0 Å². The van der Waals surface area contributed by atoms with E-state index in [1.54, 1.807) is 14.2 Å². The summed E-state index contributed by atoms with van der Waals surface area (Å²) in [5.74, 6) is 0. The van der Waals surface area contributed by atoms with Crippen LogP contribution in [0.3, 0.4) is 0 Å². The molecule has 18 nitrogen and oxygen atoms in total. The zero-order valence-electron chi connectivity index (χ0n) is 30.2. The van der Waals surface area contributed by atoms with Crippen LogP contribution in [0.1, 0.15) is 0 Å². The minimum absolute atomic E-state index is 0. The average Bonchev–Trinajstić information content (AvgIpc) is 3.87. The third kappa shape index (κ3) is 84.9. The SMILES string of the molecule is COCC(CO)OC.COCC(O)CO.COCC(O)CO.COCC(O)COP.COCC(O)COP.C[O-].P.POCC1CO1.[Y].[Y]. The standard InChI is InChI=1S/C5H12O3.2C4H11O3P.2C4H10O3.C3H7O2P.CH3O.H3P.2Y/c1-7-4-5(3-6)8-2;2*1-6-2-4(5)3-7-8;2*1-7-3-4(6)2-5;6-5-2-3-1-4-3;1-2;;;/h5-6H,3-4H2,1-2H3;2*4-5H,2-3,8H2,1H3;2*4-6H,2-3H2,1H3;3H,1-2,6H2;1H3;1H3;;/q;;;;;;-1;;;. The van der Waals surface area contributed by atoms with Crippen LogP contribution in [0.5, 0.6) is 0 Å². The van der Waals surface area contributed by atoms with E-state index >= 15 is 0 Å². The molecule has 0 aromatic rings. The van der Waals surface area contributed by atoms with Crippen molar-refractivity contribution in [1.29, 1.82) is 0 Å². The molecule has 1 fully saturated rings. The predicted molar refractivity (Wildman–Crippen MR) is 189 cm³/mol. The molecule has 10 atom stereocenters. The van der Waals surface area contributed by atoms with Gasteiger partial charge in [0.05, 0.1) is 79.3 Å². The van der Waals surface area contributed by atoms with Gasteiger partial charge in [0.15, 0.2) is 0 Å². The van der Waals surface area contributed by atoms with Crippen molar-refractivity contribution in [3.63, 3.8) is 0 Å². The molecular weight excluding hydrogens is 890 g/mol. The third-order valence-electron chi connectivity index (χ3n) is 4.01. The molecule has 24 heteroatoms. The van der Waals surface area contributed by atoms with Crippen LogP contribution in [0.4, 0.5) is 0 Å². The summed E-state index contributed by atoms with van der Waals surface area (Å²) in [7, 11) is 16.2. The second kappa shape index (κ2) is 69.1. The van der Waals surface area contributed by atoms with Gasteiger partial charge in [0.2, 0.25) is 0 Å². The molecule has 0 aromatic heterocycles. The summed E-state index contributed by atoms with van der Waals surface area (Å²) in [4.78, 5) is 0. The van der Waals surface area contributed by atoms with Gasteiger partial charge in [0, 0.05) is 136 Å². The number of rotatable bonds is 20. The fourth-order valence-corrected chi connectivity index (χ4v) is 2.51. The van der Waals surface area contributed by atoms with Crippen LogP contribution in [0, 0.1) is 0 Å². The Kier molecular flexibility index (Phi) is 103. The minimum atomic E-state index is -0.718. The van der Waals surface area contributed by atoms with Gasteiger partial charge in [0.1, 0.15) is 36.6 Å². The molecule has 7 N–H and O–H groups in total. The molecule has 2 radical (unpaired) electrons. The van der Waals surface area contributed by atoms with Crippen molar-refractivity contribution in [2.24, 2.45) is 0 Å². The molecular formula is C25H67O18P4Y2-. The smallest absolute Gasteiger partial charge is 0.105 e.